The van der Waals surface area contributed by atoms with Crippen LogP contribution in [0.1, 0.15) is 11.3 Å². The number of halogens is 2. The first kappa shape index (κ1) is 14.5. The summed E-state index contributed by atoms with van der Waals surface area (Å²) >= 11 is 0. The summed E-state index contributed by atoms with van der Waals surface area (Å²) in [6, 6.07) is 2.63. The minimum absolute atomic E-state index is 0.186. The molecule has 0 aliphatic heterocycles. The van der Waals surface area contributed by atoms with Gasteiger partial charge in [0.2, 0.25) is 5.95 Å². The molecule has 0 atom stereocenters. The second-order valence-electron chi connectivity index (χ2n) is 4.57. The molecule has 0 aliphatic rings. The Morgan fingerprint density at radius 1 is 1.30 bits per heavy atom. The summed E-state index contributed by atoms with van der Waals surface area (Å²) in [6.07, 6.45) is 1.80. The fraction of sp³-hybridized carbons (Fsp3) is 0.357. The van der Waals surface area contributed by atoms with Crippen LogP contribution < -0.4 is 5.32 Å². The lowest BCUT2D eigenvalue weighted by Gasteiger charge is -2.11. The molecule has 0 amide bonds. The summed E-state index contributed by atoms with van der Waals surface area (Å²) in [5.74, 6) is -0.862. The van der Waals surface area contributed by atoms with Gasteiger partial charge in [0, 0.05) is 19.9 Å². The average Bonchev–Trinajstić information content (AvgIpc) is 2.77. The number of hydrogen-bond donors (Lipinski definition) is 1. The summed E-state index contributed by atoms with van der Waals surface area (Å²) in [5.41, 5.74) is 0.951. The highest BCUT2D eigenvalue weighted by molar-refractivity contribution is 5.57. The van der Waals surface area contributed by atoms with Gasteiger partial charge in [-0.25, -0.2) is 13.8 Å². The van der Waals surface area contributed by atoms with Crippen LogP contribution in [-0.4, -0.2) is 23.3 Å². The number of hydrogen-bond acceptors (Lipinski definition) is 3. The molecular weight excluding hydrogens is 264 g/mol. The molecule has 0 unspecified atom stereocenters. The molecule has 0 saturated heterocycles. The molecule has 2 aromatic rings. The zero-order chi connectivity index (χ0) is 14.7. The summed E-state index contributed by atoms with van der Waals surface area (Å²) in [4.78, 5) is 4.23. The molecule has 0 aliphatic carbocycles. The van der Waals surface area contributed by atoms with Gasteiger partial charge in [-0.15, -0.1) is 0 Å². The topological polar surface area (TPSA) is 39.1 Å². The third-order valence-corrected chi connectivity index (χ3v) is 2.95. The van der Waals surface area contributed by atoms with E-state index in [4.69, 9.17) is 4.74 Å². The van der Waals surface area contributed by atoms with Gasteiger partial charge in [0.25, 0.3) is 0 Å². The van der Waals surface area contributed by atoms with Crippen LogP contribution in [0.3, 0.4) is 0 Å². The van der Waals surface area contributed by atoms with Gasteiger partial charge in [-0.1, -0.05) is 6.07 Å². The maximum Gasteiger partial charge on any atom is 0.207 e. The molecule has 0 spiro atoms. The molecule has 4 nitrogen and oxygen atoms in total. The monoisotopic (exact) mass is 281 g/mol. The van der Waals surface area contributed by atoms with E-state index < -0.39 is 11.6 Å². The second kappa shape index (κ2) is 6.00. The molecule has 0 bridgehead atoms. The van der Waals surface area contributed by atoms with E-state index >= 15 is 0 Å². The number of nitrogens with zero attached hydrogens (tertiary/aromatic N) is 2. The Labute approximate surface area is 116 Å². The number of anilines is 2. The minimum atomic E-state index is -0.646. The van der Waals surface area contributed by atoms with Crippen molar-refractivity contribution >= 4 is 11.6 Å². The maximum atomic E-state index is 14.0. The zero-order valence-corrected chi connectivity index (χ0v) is 11.7. The van der Waals surface area contributed by atoms with E-state index in [0.717, 1.165) is 5.69 Å². The fourth-order valence-corrected chi connectivity index (χ4v) is 1.89. The van der Waals surface area contributed by atoms with Gasteiger partial charge in [-0.05, 0) is 25.5 Å². The van der Waals surface area contributed by atoms with Crippen molar-refractivity contribution in [3.8, 4) is 0 Å². The summed E-state index contributed by atoms with van der Waals surface area (Å²) < 4.78 is 34.5. The quantitative estimate of drug-likeness (QED) is 0.915. The molecule has 0 radical (unpaired) electrons. The van der Waals surface area contributed by atoms with Crippen LogP contribution in [0, 0.1) is 25.5 Å². The number of rotatable bonds is 5. The highest BCUT2D eigenvalue weighted by Crippen LogP contribution is 2.25. The third-order valence-electron chi connectivity index (χ3n) is 2.95. The van der Waals surface area contributed by atoms with E-state index in [1.165, 1.54) is 12.1 Å². The lowest BCUT2D eigenvalue weighted by Crippen LogP contribution is -2.09. The van der Waals surface area contributed by atoms with Crippen molar-refractivity contribution in [1.82, 2.24) is 9.55 Å². The predicted octanol–water partition coefficient (Wildman–Crippen LogP) is 3.17. The number of imidazole rings is 1. The molecule has 1 heterocycles. The van der Waals surface area contributed by atoms with Crippen molar-refractivity contribution in [2.24, 2.45) is 0 Å². The molecule has 6 heteroatoms. The average molecular weight is 281 g/mol. The Morgan fingerprint density at radius 3 is 2.75 bits per heavy atom. The predicted molar refractivity (Wildman–Crippen MR) is 73.2 cm³/mol. The standard InChI is InChI=1S/C14H17F2N3O/c1-9-4-5-11(15)13(12(9)16)18-14-17-10(2)8-19(14)6-7-20-3/h4-5,8H,6-7H2,1-3H3,(H,17,18). The molecule has 0 saturated carbocycles. The van der Waals surface area contributed by atoms with Gasteiger partial charge in [0.1, 0.15) is 11.5 Å². The molecule has 1 aromatic carbocycles. The van der Waals surface area contributed by atoms with Crippen molar-refractivity contribution in [2.75, 3.05) is 19.0 Å². The van der Waals surface area contributed by atoms with Crippen LogP contribution >= 0.6 is 0 Å². The van der Waals surface area contributed by atoms with E-state index in [9.17, 15) is 8.78 Å². The highest BCUT2D eigenvalue weighted by Gasteiger charge is 2.14. The molecule has 0 fully saturated rings. The molecule has 1 N–H and O–H groups in total. The zero-order valence-electron chi connectivity index (χ0n) is 11.7. The van der Waals surface area contributed by atoms with Gasteiger partial charge >= 0.3 is 0 Å². The first-order chi connectivity index (χ1) is 9.52. The number of aromatic nitrogens is 2. The van der Waals surface area contributed by atoms with Crippen LogP contribution in [0.25, 0.3) is 0 Å². The highest BCUT2D eigenvalue weighted by atomic mass is 19.1. The van der Waals surface area contributed by atoms with Crippen molar-refractivity contribution in [3.05, 3.63) is 41.2 Å². The van der Waals surface area contributed by atoms with Gasteiger partial charge in [0.15, 0.2) is 5.82 Å². The van der Waals surface area contributed by atoms with Crippen LogP contribution in [0.4, 0.5) is 20.4 Å². The van der Waals surface area contributed by atoms with E-state index in [2.05, 4.69) is 10.3 Å². The first-order valence-corrected chi connectivity index (χ1v) is 6.27. The molecule has 1 aromatic heterocycles. The lowest BCUT2D eigenvalue weighted by molar-refractivity contribution is 0.188. The number of methoxy groups -OCH3 is 1. The molecule has 2 rings (SSSR count). The van der Waals surface area contributed by atoms with Gasteiger partial charge in [-0.2, -0.15) is 0 Å². The third kappa shape index (κ3) is 2.96. The molecule has 108 valence electrons. The summed E-state index contributed by atoms with van der Waals surface area (Å²) in [6.45, 7) is 4.44. The Kier molecular flexibility index (Phi) is 4.34. The second-order valence-corrected chi connectivity index (χ2v) is 4.57. The van der Waals surface area contributed by atoms with E-state index in [1.54, 1.807) is 24.8 Å². The van der Waals surface area contributed by atoms with Crippen molar-refractivity contribution in [2.45, 2.75) is 20.4 Å². The smallest absolute Gasteiger partial charge is 0.207 e. The summed E-state index contributed by atoms with van der Waals surface area (Å²) in [5, 5.41) is 2.73. The molecular formula is C14H17F2N3O. The number of aryl methyl sites for hydroxylation is 2. The summed E-state index contributed by atoms with van der Waals surface area (Å²) in [7, 11) is 1.59. The van der Waals surface area contributed by atoms with Crippen LogP contribution in [0.15, 0.2) is 18.3 Å². The Balaban J connectivity index is 2.32. The normalized spacial score (nSPS) is 10.8. The lowest BCUT2D eigenvalue weighted by atomic mass is 10.2. The van der Waals surface area contributed by atoms with E-state index in [-0.39, 0.29) is 5.69 Å². The Morgan fingerprint density at radius 2 is 2.05 bits per heavy atom. The van der Waals surface area contributed by atoms with Crippen LogP contribution in [-0.2, 0) is 11.3 Å². The van der Waals surface area contributed by atoms with Crippen molar-refractivity contribution in [3.63, 3.8) is 0 Å². The minimum Gasteiger partial charge on any atom is -0.383 e. The fourth-order valence-electron chi connectivity index (χ4n) is 1.89. The SMILES string of the molecule is COCCn1cc(C)nc1Nc1c(F)ccc(C)c1F. The largest absolute Gasteiger partial charge is 0.383 e. The van der Waals surface area contributed by atoms with E-state index in [1.807, 2.05) is 6.92 Å². The van der Waals surface area contributed by atoms with Crippen molar-refractivity contribution < 1.29 is 13.5 Å². The Hall–Kier alpha value is -1.95. The number of ether oxygens (including phenoxy) is 1. The Bertz CT molecular complexity index is 611. The van der Waals surface area contributed by atoms with E-state index in [0.29, 0.717) is 24.7 Å². The van der Waals surface area contributed by atoms with Gasteiger partial charge in [0.05, 0.1) is 12.3 Å². The van der Waals surface area contributed by atoms with Crippen molar-refractivity contribution in [1.29, 1.82) is 0 Å². The van der Waals surface area contributed by atoms with Gasteiger partial charge in [-0.3, -0.25) is 0 Å². The number of nitrogens with one attached hydrogen (secondary N) is 1. The maximum absolute atomic E-state index is 14.0. The number of benzene rings is 1. The van der Waals surface area contributed by atoms with Crippen LogP contribution in [0.5, 0.6) is 0 Å². The van der Waals surface area contributed by atoms with Gasteiger partial charge < -0.3 is 14.6 Å². The van der Waals surface area contributed by atoms with Crippen LogP contribution in [0.2, 0.25) is 0 Å². The first-order valence-electron chi connectivity index (χ1n) is 6.27. The molecule has 20 heavy (non-hydrogen) atoms.